The molecule has 1 N–H and O–H groups in total. The highest BCUT2D eigenvalue weighted by molar-refractivity contribution is 5.84. The van der Waals surface area contributed by atoms with E-state index in [-0.39, 0.29) is 4.68 Å². The van der Waals surface area contributed by atoms with E-state index in [1.54, 1.807) is 0 Å². The van der Waals surface area contributed by atoms with Gasteiger partial charge in [0.15, 0.2) is 5.69 Å². The number of halogens is 3. The van der Waals surface area contributed by atoms with E-state index in [4.69, 9.17) is 5.11 Å². The maximum absolute atomic E-state index is 12.5. The Morgan fingerprint density at radius 1 is 1.54 bits per heavy atom. The summed E-state index contributed by atoms with van der Waals surface area (Å²) in [7, 11) is 0. The van der Waals surface area contributed by atoms with Gasteiger partial charge in [0.05, 0.1) is 6.20 Å². The fraction of sp³-hybridized carbons (Fsp3) is 0.400. The number of hydrogen-bond donors (Lipinski definition) is 1. The van der Waals surface area contributed by atoms with Crippen molar-refractivity contribution in [3.8, 4) is 0 Å². The second kappa shape index (κ2) is 3.42. The number of aromatic nitrogens is 3. The summed E-state index contributed by atoms with van der Waals surface area (Å²) in [5.41, 5.74) is -0.580. The lowest BCUT2D eigenvalue weighted by Gasteiger charge is -2.04. The zero-order valence-corrected chi connectivity index (χ0v) is 6.06. The number of aromatic carboxylic acids is 1. The van der Waals surface area contributed by atoms with E-state index >= 15 is 0 Å². The van der Waals surface area contributed by atoms with Gasteiger partial charge in [-0.1, -0.05) is 5.21 Å². The molecule has 1 aromatic heterocycles. The van der Waals surface area contributed by atoms with Gasteiger partial charge in [-0.05, 0) is 0 Å². The van der Waals surface area contributed by atoms with Crippen LogP contribution < -0.4 is 0 Å². The third-order valence-electron chi connectivity index (χ3n) is 1.19. The van der Waals surface area contributed by atoms with E-state index < -0.39 is 24.4 Å². The van der Waals surface area contributed by atoms with Crippen molar-refractivity contribution in [1.29, 1.82) is 0 Å². The highest BCUT2D eigenvalue weighted by Gasteiger charge is 2.23. The highest BCUT2D eigenvalue weighted by Crippen LogP contribution is 2.16. The number of carboxylic acid groups (broad SMARTS) is 1. The van der Waals surface area contributed by atoms with Gasteiger partial charge in [0.2, 0.25) is 0 Å². The van der Waals surface area contributed by atoms with E-state index in [9.17, 15) is 18.0 Å². The van der Waals surface area contributed by atoms with Crippen LogP contribution in [0.15, 0.2) is 6.20 Å². The van der Waals surface area contributed by atoms with E-state index in [0.29, 0.717) is 6.20 Å². The Kier molecular flexibility index (Phi) is 2.49. The van der Waals surface area contributed by atoms with Gasteiger partial charge in [-0.3, -0.25) is 0 Å². The number of alkyl halides is 3. The second-order valence-electron chi connectivity index (χ2n) is 2.10. The maximum Gasteiger partial charge on any atom is 0.358 e. The van der Waals surface area contributed by atoms with E-state index in [0.717, 1.165) is 0 Å². The Balaban J connectivity index is 2.85. The van der Waals surface area contributed by atoms with Crippen molar-refractivity contribution in [1.82, 2.24) is 15.0 Å². The average Bonchev–Trinajstić information content (AvgIpc) is 2.50. The number of hydrogen-bond acceptors (Lipinski definition) is 3. The van der Waals surface area contributed by atoms with Gasteiger partial charge >= 0.3 is 5.97 Å². The quantitative estimate of drug-likeness (QED) is 0.771. The molecule has 0 spiro atoms. The van der Waals surface area contributed by atoms with E-state index in [1.807, 2.05) is 0 Å². The standard InChI is InChI=1S/C5H4F3N3O2/c6-3(7)4(8)11-1-2(5(12)13)9-10-11/h1,3-4H,(H,12,13). The number of nitrogens with zero attached hydrogens (tertiary/aromatic N) is 3. The van der Waals surface area contributed by atoms with E-state index in [1.165, 1.54) is 0 Å². The zero-order valence-electron chi connectivity index (χ0n) is 6.06. The lowest BCUT2D eigenvalue weighted by Crippen LogP contribution is -2.12. The van der Waals surface area contributed by atoms with Crippen molar-refractivity contribution in [3.05, 3.63) is 11.9 Å². The van der Waals surface area contributed by atoms with Crippen molar-refractivity contribution in [2.75, 3.05) is 0 Å². The number of rotatable bonds is 3. The predicted octanol–water partition coefficient (Wildman–Crippen LogP) is 0.710. The first-order valence-corrected chi connectivity index (χ1v) is 3.09. The Bertz CT molecular complexity index is 314. The van der Waals surface area contributed by atoms with Crippen LogP contribution in [0.4, 0.5) is 13.2 Å². The van der Waals surface area contributed by atoms with Crippen LogP contribution in [0.2, 0.25) is 0 Å². The van der Waals surface area contributed by atoms with Gasteiger partial charge in [0.25, 0.3) is 12.7 Å². The molecule has 13 heavy (non-hydrogen) atoms. The summed E-state index contributed by atoms with van der Waals surface area (Å²) in [5.74, 6) is -1.45. The van der Waals surface area contributed by atoms with Gasteiger partial charge in [0.1, 0.15) is 0 Å². The zero-order chi connectivity index (χ0) is 10.0. The molecule has 0 saturated carbocycles. The first kappa shape index (κ1) is 9.49. The monoisotopic (exact) mass is 195 g/mol. The summed E-state index contributed by atoms with van der Waals surface area (Å²) in [5, 5.41) is 14.1. The first-order valence-electron chi connectivity index (χ1n) is 3.09. The summed E-state index contributed by atoms with van der Waals surface area (Å²) in [6.07, 6.45) is -5.33. The number of carbonyl (C=O) groups is 1. The van der Waals surface area contributed by atoms with Crippen molar-refractivity contribution in [3.63, 3.8) is 0 Å². The van der Waals surface area contributed by atoms with Crippen molar-refractivity contribution < 1.29 is 23.1 Å². The molecular weight excluding hydrogens is 191 g/mol. The molecule has 0 saturated heterocycles. The SMILES string of the molecule is O=C(O)c1cn(C(F)C(F)F)nn1. The summed E-state index contributed by atoms with van der Waals surface area (Å²) < 4.78 is 36.0. The van der Waals surface area contributed by atoms with Crippen molar-refractivity contribution >= 4 is 5.97 Å². The van der Waals surface area contributed by atoms with Crippen molar-refractivity contribution in [2.24, 2.45) is 0 Å². The predicted molar refractivity (Wildman–Crippen MR) is 33.1 cm³/mol. The Labute approximate surface area is 69.8 Å². The molecule has 1 atom stereocenters. The van der Waals surface area contributed by atoms with E-state index in [2.05, 4.69) is 10.3 Å². The minimum Gasteiger partial charge on any atom is -0.476 e. The molecule has 5 nitrogen and oxygen atoms in total. The Hall–Kier alpha value is -1.60. The Morgan fingerprint density at radius 2 is 2.15 bits per heavy atom. The van der Waals surface area contributed by atoms with Crippen LogP contribution in [0.5, 0.6) is 0 Å². The van der Waals surface area contributed by atoms with Crippen molar-refractivity contribution in [2.45, 2.75) is 12.7 Å². The molecule has 0 aliphatic heterocycles. The van der Waals surface area contributed by atoms with Crippen LogP contribution in [0.1, 0.15) is 16.8 Å². The summed E-state index contributed by atoms with van der Waals surface area (Å²) in [4.78, 5) is 10.2. The topological polar surface area (TPSA) is 68.0 Å². The summed E-state index contributed by atoms with van der Waals surface area (Å²) in [6, 6.07) is 0. The largest absolute Gasteiger partial charge is 0.476 e. The summed E-state index contributed by atoms with van der Waals surface area (Å²) in [6.45, 7) is 0. The van der Waals surface area contributed by atoms with Crippen LogP contribution in [0, 0.1) is 0 Å². The van der Waals surface area contributed by atoms with Crippen LogP contribution in [-0.4, -0.2) is 32.5 Å². The summed E-state index contributed by atoms with van der Waals surface area (Å²) >= 11 is 0. The molecule has 0 aromatic carbocycles. The Morgan fingerprint density at radius 3 is 2.54 bits per heavy atom. The molecule has 1 unspecified atom stereocenters. The molecular formula is C5H4F3N3O2. The first-order chi connectivity index (χ1) is 6.02. The van der Waals surface area contributed by atoms with Gasteiger partial charge < -0.3 is 5.11 Å². The molecule has 0 aliphatic carbocycles. The third-order valence-corrected chi connectivity index (χ3v) is 1.19. The van der Waals surface area contributed by atoms with Gasteiger partial charge in [-0.15, -0.1) is 5.10 Å². The minimum atomic E-state index is -3.26. The second-order valence-corrected chi connectivity index (χ2v) is 2.10. The van der Waals surface area contributed by atoms with Gasteiger partial charge in [-0.2, -0.15) is 0 Å². The molecule has 1 rings (SSSR count). The maximum atomic E-state index is 12.5. The molecule has 0 fully saturated rings. The molecule has 8 heteroatoms. The highest BCUT2D eigenvalue weighted by atomic mass is 19.3. The molecule has 0 aliphatic rings. The van der Waals surface area contributed by atoms with Gasteiger partial charge in [0, 0.05) is 0 Å². The third kappa shape index (κ3) is 1.95. The number of carboxylic acids is 1. The lowest BCUT2D eigenvalue weighted by atomic mass is 10.5. The normalized spacial score (nSPS) is 13.2. The smallest absolute Gasteiger partial charge is 0.358 e. The molecule has 1 heterocycles. The van der Waals surface area contributed by atoms with Gasteiger partial charge in [-0.25, -0.2) is 22.6 Å². The fourth-order valence-corrected chi connectivity index (χ4v) is 0.611. The molecule has 0 bridgehead atoms. The van der Waals surface area contributed by atoms with Crippen LogP contribution >= 0.6 is 0 Å². The molecule has 0 amide bonds. The average molecular weight is 195 g/mol. The van der Waals surface area contributed by atoms with Crippen LogP contribution in [0.25, 0.3) is 0 Å². The molecule has 1 aromatic rings. The molecule has 72 valence electrons. The fourth-order valence-electron chi connectivity index (χ4n) is 0.611. The lowest BCUT2D eigenvalue weighted by molar-refractivity contribution is -0.000307. The van der Waals surface area contributed by atoms with Crippen LogP contribution in [0.3, 0.4) is 0 Å². The molecule has 0 radical (unpaired) electrons. The minimum absolute atomic E-state index is 0.161. The van der Waals surface area contributed by atoms with Crippen LogP contribution in [-0.2, 0) is 0 Å².